The molecular formula is C13H23N3. The van der Waals surface area contributed by atoms with Crippen molar-refractivity contribution in [1.82, 2.24) is 15.1 Å². The van der Waals surface area contributed by atoms with Crippen LogP contribution in [0.15, 0.2) is 6.07 Å². The summed E-state index contributed by atoms with van der Waals surface area (Å²) < 4.78 is 2.18. The summed E-state index contributed by atoms with van der Waals surface area (Å²) >= 11 is 0. The molecule has 1 heterocycles. The molecule has 0 spiro atoms. The highest BCUT2D eigenvalue weighted by atomic mass is 15.3. The summed E-state index contributed by atoms with van der Waals surface area (Å²) in [5.74, 6) is 0.755. The van der Waals surface area contributed by atoms with Crippen LogP contribution in [0.5, 0.6) is 0 Å². The Morgan fingerprint density at radius 2 is 2.25 bits per heavy atom. The predicted octanol–water partition coefficient (Wildman–Crippen LogP) is 2.84. The van der Waals surface area contributed by atoms with E-state index < -0.39 is 0 Å². The minimum Gasteiger partial charge on any atom is -0.311 e. The Morgan fingerprint density at radius 3 is 2.81 bits per heavy atom. The minimum atomic E-state index is 0.464. The summed E-state index contributed by atoms with van der Waals surface area (Å²) in [5.41, 5.74) is 2.65. The van der Waals surface area contributed by atoms with E-state index in [9.17, 15) is 0 Å². The zero-order chi connectivity index (χ0) is 11.5. The average Bonchev–Trinajstić information content (AvgIpc) is 3.00. The molecule has 1 aliphatic carbocycles. The van der Waals surface area contributed by atoms with Crippen molar-refractivity contribution in [2.45, 2.75) is 58.5 Å². The number of nitrogens with zero attached hydrogens (tertiary/aromatic N) is 2. The first-order chi connectivity index (χ1) is 7.72. The second-order valence-electron chi connectivity index (χ2n) is 5.05. The second-order valence-corrected chi connectivity index (χ2v) is 5.05. The first-order valence-electron chi connectivity index (χ1n) is 6.51. The van der Waals surface area contributed by atoms with Crippen molar-refractivity contribution in [3.8, 4) is 0 Å². The third-order valence-corrected chi connectivity index (χ3v) is 3.05. The molecule has 1 saturated carbocycles. The highest BCUT2D eigenvalue weighted by Gasteiger charge is 2.27. The number of nitrogens with one attached hydrogen (secondary N) is 1. The Kier molecular flexibility index (Phi) is 3.64. The molecule has 1 aromatic heterocycles. The van der Waals surface area contributed by atoms with Crippen LogP contribution in [0.4, 0.5) is 0 Å². The predicted molar refractivity (Wildman–Crippen MR) is 66.6 cm³/mol. The normalized spacial score (nSPS) is 16.0. The van der Waals surface area contributed by atoms with Crippen molar-refractivity contribution in [2.75, 3.05) is 6.54 Å². The lowest BCUT2D eigenvalue weighted by molar-refractivity contribution is 0.491. The number of hydrogen-bond acceptors (Lipinski definition) is 2. The van der Waals surface area contributed by atoms with Gasteiger partial charge in [-0.15, -0.1) is 0 Å². The van der Waals surface area contributed by atoms with Crippen LogP contribution in [0.25, 0.3) is 0 Å². The molecule has 2 rings (SSSR count). The standard InChI is InChI=1S/C13H23N3/c1-4-7-14-9-12-8-13(11-5-6-11)15-16(12)10(2)3/h8,10-11,14H,4-7,9H2,1-3H3. The zero-order valence-electron chi connectivity index (χ0n) is 10.7. The first-order valence-corrected chi connectivity index (χ1v) is 6.51. The first kappa shape index (κ1) is 11.6. The summed E-state index contributed by atoms with van der Waals surface area (Å²) in [4.78, 5) is 0. The van der Waals surface area contributed by atoms with E-state index >= 15 is 0 Å². The summed E-state index contributed by atoms with van der Waals surface area (Å²) in [5, 5.41) is 8.19. The number of rotatable bonds is 6. The molecule has 0 bridgehead atoms. The molecule has 0 unspecified atom stereocenters. The number of hydrogen-bond donors (Lipinski definition) is 1. The molecule has 3 nitrogen and oxygen atoms in total. The van der Waals surface area contributed by atoms with Gasteiger partial charge in [-0.25, -0.2) is 0 Å². The van der Waals surface area contributed by atoms with Crippen LogP contribution in [0.2, 0.25) is 0 Å². The number of aromatic nitrogens is 2. The van der Waals surface area contributed by atoms with Crippen molar-refractivity contribution in [2.24, 2.45) is 0 Å². The Hall–Kier alpha value is -0.830. The molecule has 1 N–H and O–H groups in total. The van der Waals surface area contributed by atoms with Gasteiger partial charge in [0.25, 0.3) is 0 Å². The van der Waals surface area contributed by atoms with E-state index in [0.717, 1.165) is 19.0 Å². The molecule has 0 aliphatic heterocycles. The van der Waals surface area contributed by atoms with Gasteiger partial charge in [0.1, 0.15) is 0 Å². The molecule has 1 aromatic rings. The van der Waals surface area contributed by atoms with Crippen LogP contribution in [-0.4, -0.2) is 16.3 Å². The fraction of sp³-hybridized carbons (Fsp3) is 0.769. The highest BCUT2D eigenvalue weighted by Crippen LogP contribution is 2.39. The molecule has 0 saturated heterocycles. The quantitative estimate of drug-likeness (QED) is 0.749. The lowest BCUT2D eigenvalue weighted by atomic mass is 10.2. The second kappa shape index (κ2) is 5.00. The molecule has 0 radical (unpaired) electrons. The van der Waals surface area contributed by atoms with Crippen LogP contribution in [0.3, 0.4) is 0 Å². The van der Waals surface area contributed by atoms with Crippen molar-refractivity contribution in [3.63, 3.8) is 0 Å². The fourth-order valence-electron chi connectivity index (χ4n) is 2.01. The smallest absolute Gasteiger partial charge is 0.0659 e. The van der Waals surface area contributed by atoms with E-state index in [1.54, 1.807) is 0 Å². The van der Waals surface area contributed by atoms with Gasteiger partial charge >= 0.3 is 0 Å². The SMILES string of the molecule is CCCNCc1cc(C2CC2)nn1C(C)C. The lowest BCUT2D eigenvalue weighted by Crippen LogP contribution is -2.18. The van der Waals surface area contributed by atoms with Crippen LogP contribution < -0.4 is 5.32 Å². The minimum absolute atomic E-state index is 0.464. The van der Waals surface area contributed by atoms with E-state index in [4.69, 9.17) is 5.10 Å². The average molecular weight is 221 g/mol. The van der Waals surface area contributed by atoms with Gasteiger partial charge in [-0.05, 0) is 45.7 Å². The molecule has 1 aliphatic rings. The Morgan fingerprint density at radius 1 is 1.50 bits per heavy atom. The third-order valence-electron chi connectivity index (χ3n) is 3.05. The van der Waals surface area contributed by atoms with Gasteiger partial charge in [0, 0.05) is 18.5 Å². The fourth-order valence-corrected chi connectivity index (χ4v) is 2.01. The lowest BCUT2D eigenvalue weighted by Gasteiger charge is -2.11. The maximum Gasteiger partial charge on any atom is 0.0659 e. The molecule has 3 heteroatoms. The van der Waals surface area contributed by atoms with Crippen LogP contribution >= 0.6 is 0 Å². The monoisotopic (exact) mass is 221 g/mol. The Balaban J connectivity index is 2.07. The van der Waals surface area contributed by atoms with Gasteiger partial charge in [-0.2, -0.15) is 5.10 Å². The zero-order valence-corrected chi connectivity index (χ0v) is 10.7. The van der Waals surface area contributed by atoms with Crippen molar-refractivity contribution < 1.29 is 0 Å². The molecule has 1 fully saturated rings. The summed E-state index contributed by atoms with van der Waals surface area (Å²) in [6.45, 7) is 8.64. The largest absolute Gasteiger partial charge is 0.311 e. The van der Waals surface area contributed by atoms with Gasteiger partial charge in [-0.3, -0.25) is 4.68 Å². The Labute approximate surface area is 98.2 Å². The molecule has 90 valence electrons. The van der Waals surface area contributed by atoms with Gasteiger partial charge in [0.2, 0.25) is 0 Å². The van der Waals surface area contributed by atoms with E-state index in [1.165, 1.54) is 30.7 Å². The van der Waals surface area contributed by atoms with E-state index in [2.05, 4.69) is 36.8 Å². The maximum absolute atomic E-state index is 4.73. The van der Waals surface area contributed by atoms with E-state index in [0.29, 0.717) is 6.04 Å². The summed E-state index contributed by atoms with van der Waals surface area (Å²) in [7, 11) is 0. The Bertz CT molecular complexity index is 337. The van der Waals surface area contributed by atoms with Crippen LogP contribution in [0.1, 0.15) is 63.4 Å². The summed E-state index contributed by atoms with van der Waals surface area (Å²) in [6, 6.07) is 2.76. The molecule has 0 amide bonds. The maximum atomic E-state index is 4.73. The molecule has 0 aromatic carbocycles. The van der Waals surface area contributed by atoms with Gasteiger partial charge in [-0.1, -0.05) is 6.92 Å². The van der Waals surface area contributed by atoms with E-state index in [1.807, 2.05) is 0 Å². The summed E-state index contributed by atoms with van der Waals surface area (Å²) in [6.07, 6.45) is 3.85. The van der Waals surface area contributed by atoms with Crippen LogP contribution in [0, 0.1) is 0 Å². The molecule has 16 heavy (non-hydrogen) atoms. The van der Waals surface area contributed by atoms with Crippen molar-refractivity contribution >= 4 is 0 Å². The van der Waals surface area contributed by atoms with Crippen LogP contribution in [-0.2, 0) is 6.54 Å². The van der Waals surface area contributed by atoms with Gasteiger partial charge in [0.15, 0.2) is 0 Å². The van der Waals surface area contributed by atoms with Crippen molar-refractivity contribution in [1.29, 1.82) is 0 Å². The third kappa shape index (κ3) is 2.64. The van der Waals surface area contributed by atoms with Crippen molar-refractivity contribution in [3.05, 3.63) is 17.5 Å². The van der Waals surface area contributed by atoms with Gasteiger partial charge in [0.05, 0.1) is 11.4 Å². The molecule has 0 atom stereocenters. The molecular weight excluding hydrogens is 198 g/mol. The highest BCUT2D eigenvalue weighted by molar-refractivity contribution is 5.19. The van der Waals surface area contributed by atoms with E-state index in [-0.39, 0.29) is 0 Å². The van der Waals surface area contributed by atoms with Gasteiger partial charge < -0.3 is 5.32 Å². The topological polar surface area (TPSA) is 29.9 Å².